The number of nitrogens with one attached hydrogen (secondary N) is 1. The molecule has 0 saturated heterocycles. The summed E-state index contributed by atoms with van der Waals surface area (Å²) >= 11 is 5.67. The normalized spacial score (nSPS) is 14.5. The van der Waals surface area contributed by atoms with Gasteiger partial charge in [-0.05, 0) is 44.5 Å². The van der Waals surface area contributed by atoms with Gasteiger partial charge in [-0.3, -0.25) is 9.59 Å². The van der Waals surface area contributed by atoms with Crippen LogP contribution in [0.2, 0.25) is 0 Å². The first kappa shape index (κ1) is 20.7. The number of rotatable bonds is 3. The molecule has 1 aromatic heterocycles. The van der Waals surface area contributed by atoms with Crippen molar-refractivity contribution < 1.29 is 27.9 Å². The Kier molecular flexibility index (Phi) is 5.31. The number of hydrogen-bond acceptors (Lipinski definition) is 5. The summed E-state index contributed by atoms with van der Waals surface area (Å²) in [5.74, 6) is -2.84. The Hall–Kier alpha value is -3.01. The first-order valence-electron chi connectivity index (χ1n) is 8.61. The van der Waals surface area contributed by atoms with E-state index in [9.17, 15) is 23.2 Å². The highest BCUT2D eigenvalue weighted by Gasteiger charge is 2.46. The molecule has 2 aromatic rings. The van der Waals surface area contributed by atoms with E-state index >= 15 is 0 Å². The maximum atomic E-state index is 13.9. The summed E-state index contributed by atoms with van der Waals surface area (Å²) in [6.45, 7) is 4.96. The molecule has 0 radical (unpaired) electrons. The molecule has 0 atom stereocenters. The fourth-order valence-electron chi connectivity index (χ4n) is 3.26. The highest BCUT2D eigenvalue weighted by molar-refractivity contribution is 6.62. The van der Waals surface area contributed by atoms with Crippen molar-refractivity contribution in [2.75, 3.05) is 11.9 Å². The standard InChI is InChI=1S/C18H17ClF2N4O4/c1-4-29-17(28)25-13-11(8-24(16(19)27)18(13,2)3)14(23-25)22-15(26)10-6-5-9(20)7-12(10)21/h5-7H,4,8H2,1-3H3,(H,22,23,26). The van der Waals surface area contributed by atoms with Crippen molar-refractivity contribution in [3.05, 3.63) is 46.7 Å². The van der Waals surface area contributed by atoms with Crippen molar-refractivity contribution in [2.45, 2.75) is 32.9 Å². The van der Waals surface area contributed by atoms with Crippen molar-refractivity contribution in [3.63, 3.8) is 0 Å². The Morgan fingerprint density at radius 3 is 2.59 bits per heavy atom. The lowest BCUT2D eigenvalue weighted by atomic mass is 10.0. The van der Waals surface area contributed by atoms with Crippen molar-refractivity contribution in [3.8, 4) is 0 Å². The molecule has 0 spiro atoms. The molecular formula is C18H17ClF2N4O4. The summed E-state index contributed by atoms with van der Waals surface area (Å²) in [5.41, 5.74) is -0.779. The zero-order chi connectivity index (χ0) is 21.5. The van der Waals surface area contributed by atoms with E-state index in [0.717, 1.165) is 16.8 Å². The maximum Gasteiger partial charge on any atom is 0.435 e. The molecule has 0 saturated carbocycles. The van der Waals surface area contributed by atoms with Gasteiger partial charge in [0.15, 0.2) is 5.82 Å². The van der Waals surface area contributed by atoms with Gasteiger partial charge in [0.1, 0.15) is 11.6 Å². The van der Waals surface area contributed by atoms with Crippen molar-refractivity contribution in [2.24, 2.45) is 0 Å². The van der Waals surface area contributed by atoms with Crippen LogP contribution >= 0.6 is 11.6 Å². The molecule has 29 heavy (non-hydrogen) atoms. The van der Waals surface area contributed by atoms with Crippen LogP contribution in [0.4, 0.5) is 24.2 Å². The Labute approximate surface area is 169 Å². The average molecular weight is 427 g/mol. The number of hydrogen-bond donors (Lipinski definition) is 1. The third-order valence-corrected chi connectivity index (χ3v) is 4.82. The van der Waals surface area contributed by atoms with Gasteiger partial charge in [-0.25, -0.2) is 13.6 Å². The molecule has 2 heterocycles. The topological polar surface area (TPSA) is 93.5 Å². The van der Waals surface area contributed by atoms with Gasteiger partial charge >= 0.3 is 11.5 Å². The van der Waals surface area contributed by atoms with Crippen molar-refractivity contribution >= 4 is 34.8 Å². The number of ether oxygens (including phenoxy) is 1. The van der Waals surface area contributed by atoms with Crippen LogP contribution in [0.25, 0.3) is 0 Å². The molecule has 3 rings (SSSR count). The van der Waals surface area contributed by atoms with E-state index in [1.54, 1.807) is 20.8 Å². The lowest BCUT2D eigenvalue weighted by molar-refractivity contribution is 0.102. The molecule has 0 fully saturated rings. The molecule has 0 unspecified atom stereocenters. The lowest BCUT2D eigenvalue weighted by Gasteiger charge is -2.30. The van der Waals surface area contributed by atoms with Crippen LogP contribution in [0, 0.1) is 11.6 Å². The zero-order valence-corrected chi connectivity index (χ0v) is 16.5. The van der Waals surface area contributed by atoms with Crippen LogP contribution in [0.15, 0.2) is 18.2 Å². The van der Waals surface area contributed by atoms with Gasteiger partial charge in [0.2, 0.25) is 0 Å². The number of benzene rings is 1. The van der Waals surface area contributed by atoms with Crippen LogP contribution in [0.3, 0.4) is 0 Å². The van der Waals surface area contributed by atoms with E-state index in [0.29, 0.717) is 17.3 Å². The quantitative estimate of drug-likeness (QED) is 0.594. The van der Waals surface area contributed by atoms with Crippen LogP contribution < -0.4 is 5.32 Å². The van der Waals surface area contributed by atoms with E-state index in [1.165, 1.54) is 4.90 Å². The molecule has 11 heteroatoms. The third kappa shape index (κ3) is 3.55. The number of amides is 2. The molecular weight excluding hydrogens is 410 g/mol. The molecule has 1 N–H and O–H groups in total. The number of nitrogens with zero attached hydrogens (tertiary/aromatic N) is 3. The Balaban J connectivity index is 2.05. The number of carbonyl (C=O) groups excluding carboxylic acids is 3. The fraction of sp³-hybridized carbons (Fsp3) is 0.333. The second kappa shape index (κ2) is 7.43. The van der Waals surface area contributed by atoms with E-state index < -0.39 is 40.1 Å². The first-order valence-corrected chi connectivity index (χ1v) is 8.98. The SMILES string of the molecule is CCOC(=O)n1nc(NC(=O)c2ccc(F)cc2F)c2c1C(C)(C)N(C(=O)Cl)C2. The molecule has 1 aliphatic rings. The summed E-state index contributed by atoms with van der Waals surface area (Å²) < 4.78 is 33.0. The molecule has 8 nitrogen and oxygen atoms in total. The molecule has 1 aliphatic heterocycles. The van der Waals surface area contributed by atoms with E-state index in [2.05, 4.69) is 10.4 Å². The molecule has 0 bridgehead atoms. The molecule has 1 aromatic carbocycles. The van der Waals surface area contributed by atoms with Crippen LogP contribution in [0.5, 0.6) is 0 Å². The fourth-order valence-corrected chi connectivity index (χ4v) is 3.53. The third-order valence-electron chi connectivity index (χ3n) is 4.61. The molecule has 2 amide bonds. The number of carbonyl (C=O) groups is 3. The van der Waals surface area contributed by atoms with Gasteiger partial charge in [-0.15, -0.1) is 5.10 Å². The predicted molar refractivity (Wildman–Crippen MR) is 98.8 cm³/mol. The number of aromatic nitrogens is 2. The summed E-state index contributed by atoms with van der Waals surface area (Å²) in [6, 6.07) is 2.51. The second-order valence-corrected chi connectivity index (χ2v) is 7.09. The van der Waals surface area contributed by atoms with Crippen molar-refractivity contribution in [1.82, 2.24) is 14.7 Å². The Bertz CT molecular complexity index is 1020. The smallest absolute Gasteiger partial charge is 0.435 e. The first-order chi connectivity index (χ1) is 13.6. The number of halogens is 3. The van der Waals surface area contributed by atoms with Gasteiger partial charge in [0, 0.05) is 11.6 Å². The number of fused-ring (bicyclic) bond motifs is 1. The minimum Gasteiger partial charge on any atom is -0.448 e. The average Bonchev–Trinajstić information content (AvgIpc) is 3.11. The Morgan fingerprint density at radius 1 is 1.31 bits per heavy atom. The van der Waals surface area contributed by atoms with Gasteiger partial charge in [-0.2, -0.15) is 4.68 Å². The van der Waals surface area contributed by atoms with Crippen molar-refractivity contribution in [1.29, 1.82) is 0 Å². The highest BCUT2D eigenvalue weighted by atomic mass is 35.5. The zero-order valence-electron chi connectivity index (χ0n) is 15.8. The summed E-state index contributed by atoms with van der Waals surface area (Å²) in [5, 5.41) is 5.74. The lowest BCUT2D eigenvalue weighted by Crippen LogP contribution is -2.39. The summed E-state index contributed by atoms with van der Waals surface area (Å²) in [7, 11) is 0. The minimum absolute atomic E-state index is 0.0361. The Morgan fingerprint density at radius 2 is 2.00 bits per heavy atom. The van der Waals surface area contributed by atoms with E-state index in [-0.39, 0.29) is 19.0 Å². The summed E-state index contributed by atoms with van der Waals surface area (Å²) in [6.07, 6.45) is -0.811. The second-order valence-electron chi connectivity index (χ2n) is 6.76. The van der Waals surface area contributed by atoms with Gasteiger partial charge in [-0.1, -0.05) is 0 Å². The molecule has 0 aliphatic carbocycles. The molecule has 154 valence electrons. The number of anilines is 1. The van der Waals surface area contributed by atoms with Gasteiger partial charge < -0.3 is 15.0 Å². The van der Waals surface area contributed by atoms with Gasteiger partial charge in [0.05, 0.1) is 29.9 Å². The monoisotopic (exact) mass is 426 g/mol. The van der Waals surface area contributed by atoms with Gasteiger partial charge in [0.25, 0.3) is 5.91 Å². The highest BCUT2D eigenvalue weighted by Crippen LogP contribution is 2.42. The van der Waals surface area contributed by atoms with Crippen LogP contribution in [-0.2, 0) is 16.8 Å². The maximum absolute atomic E-state index is 13.9. The van der Waals surface area contributed by atoms with Crippen LogP contribution in [0.1, 0.15) is 42.4 Å². The van der Waals surface area contributed by atoms with E-state index in [4.69, 9.17) is 16.3 Å². The minimum atomic E-state index is -1.05. The van der Waals surface area contributed by atoms with E-state index in [1.807, 2.05) is 0 Å². The largest absolute Gasteiger partial charge is 0.448 e. The predicted octanol–water partition coefficient (Wildman–Crippen LogP) is 3.83. The van der Waals surface area contributed by atoms with Crippen LogP contribution in [-0.4, -0.2) is 38.7 Å². The summed E-state index contributed by atoms with van der Waals surface area (Å²) in [4.78, 5) is 38.0.